The van der Waals surface area contributed by atoms with Gasteiger partial charge >= 0.3 is 0 Å². The molecule has 2 N–H and O–H groups in total. The Morgan fingerprint density at radius 3 is 2.37 bits per heavy atom. The van der Waals surface area contributed by atoms with Crippen molar-refractivity contribution >= 4 is 21.6 Å². The highest BCUT2D eigenvalue weighted by molar-refractivity contribution is 7.92. The Balaban J connectivity index is 1.32. The van der Waals surface area contributed by atoms with E-state index < -0.39 is 15.8 Å². The maximum Gasteiger partial charge on any atom is 0.261 e. The molecule has 2 aliphatic rings. The first-order valence-corrected chi connectivity index (χ1v) is 11.9. The summed E-state index contributed by atoms with van der Waals surface area (Å²) in [5, 5.41) is 3.15. The lowest BCUT2D eigenvalue weighted by atomic mass is 9.84. The standard InChI is InChI=1S/C23H27FN2O3S/c1-15(22-13-17-2-5-18(22)12-17)25-23(27)14-16-3-8-20(9-4-16)26-30(28,29)21-10-6-19(24)7-11-21/h3-4,6-11,15,17-18,22,26H,2,5,12-14H2,1H3,(H,25,27)/t15-,17+,18+,22-/m1/s1. The van der Waals surface area contributed by atoms with Crippen molar-refractivity contribution in [3.05, 3.63) is 59.9 Å². The molecule has 2 aliphatic carbocycles. The molecule has 7 heteroatoms. The van der Waals surface area contributed by atoms with Gasteiger partial charge in [-0.05, 0) is 85.9 Å². The van der Waals surface area contributed by atoms with Crippen molar-refractivity contribution in [1.82, 2.24) is 5.32 Å². The summed E-state index contributed by atoms with van der Waals surface area (Å²) in [7, 11) is -3.79. The first-order chi connectivity index (χ1) is 14.3. The number of hydrogen-bond donors (Lipinski definition) is 2. The Hall–Kier alpha value is -2.41. The number of rotatable bonds is 7. The lowest BCUT2D eigenvalue weighted by molar-refractivity contribution is -0.121. The van der Waals surface area contributed by atoms with Crippen molar-refractivity contribution < 1.29 is 17.6 Å². The summed E-state index contributed by atoms with van der Waals surface area (Å²) >= 11 is 0. The predicted molar refractivity (Wildman–Crippen MR) is 114 cm³/mol. The van der Waals surface area contributed by atoms with Crippen LogP contribution in [0, 0.1) is 23.6 Å². The van der Waals surface area contributed by atoms with Crippen LogP contribution in [0.3, 0.4) is 0 Å². The smallest absolute Gasteiger partial charge is 0.261 e. The molecule has 0 aliphatic heterocycles. The maximum atomic E-state index is 13.0. The molecule has 2 saturated carbocycles. The number of anilines is 1. The largest absolute Gasteiger partial charge is 0.353 e. The first kappa shape index (κ1) is 20.8. The number of carbonyl (C=O) groups excluding carboxylic acids is 1. The average Bonchev–Trinajstić information content (AvgIpc) is 3.33. The Morgan fingerprint density at radius 2 is 1.77 bits per heavy atom. The number of carbonyl (C=O) groups is 1. The van der Waals surface area contributed by atoms with Gasteiger partial charge in [0, 0.05) is 11.7 Å². The van der Waals surface area contributed by atoms with E-state index in [4.69, 9.17) is 0 Å². The van der Waals surface area contributed by atoms with Crippen LogP contribution >= 0.6 is 0 Å². The second-order valence-electron chi connectivity index (χ2n) is 8.63. The number of halogens is 1. The molecule has 1 amide bonds. The summed E-state index contributed by atoms with van der Waals surface area (Å²) < 4.78 is 40.2. The molecule has 0 saturated heterocycles. The molecule has 30 heavy (non-hydrogen) atoms. The van der Waals surface area contributed by atoms with E-state index in [1.54, 1.807) is 24.3 Å². The van der Waals surface area contributed by atoms with Gasteiger partial charge in [0.05, 0.1) is 11.3 Å². The molecule has 2 aromatic carbocycles. The molecule has 0 heterocycles. The molecule has 2 aromatic rings. The Bertz CT molecular complexity index is 1010. The second kappa shape index (κ2) is 8.38. The van der Waals surface area contributed by atoms with E-state index in [0.717, 1.165) is 29.5 Å². The fraction of sp³-hybridized carbons (Fsp3) is 0.435. The van der Waals surface area contributed by atoms with Crippen molar-refractivity contribution in [2.75, 3.05) is 4.72 Å². The van der Waals surface area contributed by atoms with Crippen LogP contribution in [0.2, 0.25) is 0 Å². The van der Waals surface area contributed by atoms with Crippen LogP contribution in [-0.4, -0.2) is 20.4 Å². The van der Waals surface area contributed by atoms with Gasteiger partial charge in [0.25, 0.3) is 10.0 Å². The summed E-state index contributed by atoms with van der Waals surface area (Å²) in [5.74, 6) is 1.71. The lowest BCUT2D eigenvalue weighted by Gasteiger charge is -2.28. The minimum absolute atomic E-state index is 0.00934. The van der Waals surface area contributed by atoms with Crippen LogP contribution in [0.25, 0.3) is 0 Å². The highest BCUT2D eigenvalue weighted by atomic mass is 32.2. The van der Waals surface area contributed by atoms with E-state index in [2.05, 4.69) is 17.0 Å². The monoisotopic (exact) mass is 430 g/mol. The third-order valence-electron chi connectivity index (χ3n) is 6.52. The van der Waals surface area contributed by atoms with Crippen molar-refractivity contribution in [3.63, 3.8) is 0 Å². The Kier molecular flexibility index (Phi) is 5.82. The number of sulfonamides is 1. The fourth-order valence-electron chi connectivity index (χ4n) is 5.02. The van der Waals surface area contributed by atoms with E-state index in [-0.39, 0.29) is 23.3 Å². The Labute approximate surface area is 177 Å². The molecule has 0 unspecified atom stereocenters. The van der Waals surface area contributed by atoms with Crippen molar-refractivity contribution in [1.29, 1.82) is 0 Å². The van der Waals surface area contributed by atoms with Gasteiger partial charge in [0.2, 0.25) is 5.91 Å². The van der Waals surface area contributed by atoms with Crippen LogP contribution in [0.4, 0.5) is 10.1 Å². The quantitative estimate of drug-likeness (QED) is 0.694. The van der Waals surface area contributed by atoms with Crippen molar-refractivity contribution in [3.8, 4) is 0 Å². The summed E-state index contributed by atoms with van der Waals surface area (Å²) in [5.41, 5.74) is 1.20. The van der Waals surface area contributed by atoms with E-state index in [1.807, 2.05) is 0 Å². The van der Waals surface area contributed by atoms with E-state index in [1.165, 1.54) is 37.8 Å². The van der Waals surface area contributed by atoms with E-state index >= 15 is 0 Å². The third-order valence-corrected chi connectivity index (χ3v) is 7.92. The van der Waals surface area contributed by atoms with Gasteiger partial charge in [-0.15, -0.1) is 0 Å². The van der Waals surface area contributed by atoms with Gasteiger partial charge in [-0.2, -0.15) is 0 Å². The molecular formula is C23H27FN2O3S. The van der Waals surface area contributed by atoms with Gasteiger partial charge in [-0.1, -0.05) is 18.6 Å². The van der Waals surface area contributed by atoms with Gasteiger partial charge < -0.3 is 5.32 Å². The topological polar surface area (TPSA) is 75.3 Å². The number of benzene rings is 2. The van der Waals surface area contributed by atoms with E-state index in [0.29, 0.717) is 11.6 Å². The zero-order valence-corrected chi connectivity index (χ0v) is 17.8. The fourth-order valence-corrected chi connectivity index (χ4v) is 6.08. The summed E-state index contributed by atoms with van der Waals surface area (Å²) in [6.45, 7) is 2.11. The van der Waals surface area contributed by atoms with Crippen LogP contribution in [0.5, 0.6) is 0 Å². The van der Waals surface area contributed by atoms with Crippen LogP contribution in [-0.2, 0) is 21.2 Å². The van der Waals surface area contributed by atoms with Crippen molar-refractivity contribution in [2.24, 2.45) is 17.8 Å². The molecule has 4 atom stereocenters. The zero-order chi connectivity index (χ0) is 21.3. The van der Waals surface area contributed by atoms with Gasteiger partial charge in [-0.3, -0.25) is 9.52 Å². The zero-order valence-electron chi connectivity index (χ0n) is 17.0. The molecule has 5 nitrogen and oxygen atoms in total. The van der Waals surface area contributed by atoms with Crippen LogP contribution in [0.1, 0.15) is 38.2 Å². The SMILES string of the molecule is C[C@@H](NC(=O)Cc1ccc(NS(=O)(=O)c2ccc(F)cc2)cc1)[C@H]1C[C@H]2CC[C@H]1C2. The minimum Gasteiger partial charge on any atom is -0.353 e. The molecule has 0 radical (unpaired) electrons. The normalized spacial score (nSPS) is 23.9. The predicted octanol–water partition coefficient (Wildman–Crippen LogP) is 4.11. The highest BCUT2D eigenvalue weighted by Crippen LogP contribution is 2.49. The second-order valence-corrected chi connectivity index (χ2v) is 10.3. The van der Waals surface area contributed by atoms with Crippen molar-refractivity contribution in [2.45, 2.75) is 50.0 Å². The molecule has 0 spiro atoms. The molecular weight excluding hydrogens is 403 g/mol. The molecule has 0 aromatic heterocycles. The van der Waals surface area contributed by atoms with Gasteiger partial charge in [-0.25, -0.2) is 12.8 Å². The lowest BCUT2D eigenvalue weighted by Crippen LogP contribution is -2.40. The Morgan fingerprint density at radius 1 is 1.07 bits per heavy atom. The number of hydrogen-bond acceptors (Lipinski definition) is 3. The summed E-state index contributed by atoms with van der Waals surface area (Å²) in [6.07, 6.45) is 5.45. The molecule has 4 rings (SSSR count). The van der Waals surface area contributed by atoms with Crippen LogP contribution < -0.4 is 10.0 Å². The third kappa shape index (κ3) is 4.67. The van der Waals surface area contributed by atoms with Crippen LogP contribution in [0.15, 0.2) is 53.4 Å². The molecule has 2 fully saturated rings. The number of nitrogens with one attached hydrogen (secondary N) is 2. The molecule has 2 bridgehead atoms. The van der Waals surface area contributed by atoms with Gasteiger partial charge in [0.15, 0.2) is 0 Å². The summed E-state index contributed by atoms with van der Waals surface area (Å²) in [6, 6.07) is 11.6. The molecule has 160 valence electrons. The maximum absolute atomic E-state index is 13.0. The minimum atomic E-state index is -3.79. The highest BCUT2D eigenvalue weighted by Gasteiger charge is 2.42. The van der Waals surface area contributed by atoms with E-state index in [9.17, 15) is 17.6 Å². The number of amides is 1. The first-order valence-electron chi connectivity index (χ1n) is 10.5. The summed E-state index contributed by atoms with van der Waals surface area (Å²) in [4.78, 5) is 12.4. The van der Waals surface area contributed by atoms with Gasteiger partial charge in [0.1, 0.15) is 5.82 Å². The average molecular weight is 431 g/mol. The number of fused-ring (bicyclic) bond motifs is 2.